The van der Waals surface area contributed by atoms with Crippen molar-refractivity contribution in [2.75, 3.05) is 6.61 Å². The lowest BCUT2D eigenvalue weighted by molar-refractivity contribution is 0.0695. The topological polar surface area (TPSA) is 81.5 Å². The van der Waals surface area contributed by atoms with Crippen molar-refractivity contribution in [2.24, 2.45) is 0 Å². The average Bonchev–Trinajstić information content (AvgIpc) is 2.39. The average molecular weight is 274 g/mol. The zero-order chi connectivity index (χ0) is 14.5. The fourth-order valence-corrected chi connectivity index (χ4v) is 1.60. The minimum atomic E-state index is -1.06. The van der Waals surface area contributed by atoms with Gasteiger partial charge in [0.2, 0.25) is 0 Å². The maximum atomic E-state index is 10.9. The Morgan fingerprint density at radius 1 is 1.35 bits per heavy atom. The Bertz CT molecular complexity index is 628. The van der Waals surface area contributed by atoms with Crippen LogP contribution in [0, 0.1) is 6.92 Å². The van der Waals surface area contributed by atoms with Crippen LogP contribution in [-0.4, -0.2) is 27.7 Å². The number of rotatable bonds is 5. The van der Waals surface area contributed by atoms with E-state index in [0.29, 0.717) is 23.8 Å². The minimum absolute atomic E-state index is 0.0559. The van der Waals surface area contributed by atoms with E-state index in [1.807, 2.05) is 13.0 Å². The molecule has 0 fully saturated rings. The molecule has 0 radical (unpaired) electrons. The van der Waals surface area contributed by atoms with Crippen molar-refractivity contribution in [3.05, 3.63) is 41.7 Å². The molecule has 0 saturated heterocycles. The molecule has 104 valence electrons. The lowest BCUT2D eigenvalue weighted by Gasteiger charge is -2.07. The van der Waals surface area contributed by atoms with Crippen LogP contribution in [-0.2, 0) is 0 Å². The number of carboxylic acid groups (broad SMARTS) is 1. The van der Waals surface area contributed by atoms with Crippen LogP contribution >= 0.6 is 0 Å². The predicted molar refractivity (Wildman–Crippen MR) is 71.4 cm³/mol. The summed E-state index contributed by atoms with van der Waals surface area (Å²) in [5.41, 5.74) is 0.406. The standard InChI is InChI=1S/C14H14N2O4/c1-3-19-10-5-4-6-11(7-10)20-14-15-8-12(13(17)18)9(2)16-14/h4-8H,3H2,1-2H3,(H,17,18). The third kappa shape index (κ3) is 3.23. The Hall–Kier alpha value is -2.63. The number of aryl methyl sites for hydroxylation is 1. The number of ether oxygens (including phenoxy) is 2. The summed E-state index contributed by atoms with van der Waals surface area (Å²) in [5, 5.41) is 8.90. The zero-order valence-electron chi connectivity index (χ0n) is 11.2. The molecular weight excluding hydrogens is 260 g/mol. The van der Waals surface area contributed by atoms with Crippen molar-refractivity contribution in [1.82, 2.24) is 9.97 Å². The summed E-state index contributed by atoms with van der Waals surface area (Å²) < 4.78 is 10.8. The van der Waals surface area contributed by atoms with Gasteiger partial charge in [0.25, 0.3) is 0 Å². The first-order valence-electron chi connectivity index (χ1n) is 6.07. The van der Waals surface area contributed by atoms with E-state index in [4.69, 9.17) is 14.6 Å². The van der Waals surface area contributed by atoms with Gasteiger partial charge in [-0.3, -0.25) is 0 Å². The maximum absolute atomic E-state index is 10.9. The molecular formula is C14H14N2O4. The molecule has 0 unspecified atom stereocenters. The summed E-state index contributed by atoms with van der Waals surface area (Å²) in [6.07, 6.45) is 1.23. The van der Waals surface area contributed by atoms with E-state index in [9.17, 15) is 4.79 Å². The van der Waals surface area contributed by atoms with E-state index >= 15 is 0 Å². The highest BCUT2D eigenvalue weighted by Crippen LogP contribution is 2.23. The van der Waals surface area contributed by atoms with Crippen LogP contribution in [0.3, 0.4) is 0 Å². The smallest absolute Gasteiger partial charge is 0.339 e. The van der Waals surface area contributed by atoms with Crippen molar-refractivity contribution < 1.29 is 19.4 Å². The first-order valence-corrected chi connectivity index (χ1v) is 6.07. The molecule has 6 heteroatoms. The van der Waals surface area contributed by atoms with Crippen molar-refractivity contribution in [3.63, 3.8) is 0 Å². The van der Waals surface area contributed by atoms with E-state index in [0.717, 1.165) is 0 Å². The van der Waals surface area contributed by atoms with Gasteiger partial charge in [0.05, 0.1) is 17.9 Å². The molecule has 0 amide bonds. The molecule has 0 spiro atoms. The fraction of sp³-hybridized carbons (Fsp3) is 0.214. The van der Waals surface area contributed by atoms with Gasteiger partial charge in [-0.15, -0.1) is 0 Å². The SMILES string of the molecule is CCOc1cccc(Oc2ncc(C(=O)O)c(C)n2)c1. The molecule has 0 atom stereocenters. The monoisotopic (exact) mass is 274 g/mol. The summed E-state index contributed by atoms with van der Waals surface area (Å²) >= 11 is 0. The van der Waals surface area contributed by atoms with Gasteiger partial charge in [-0.05, 0) is 26.0 Å². The second-order valence-corrected chi connectivity index (χ2v) is 3.97. The second-order valence-electron chi connectivity index (χ2n) is 3.97. The molecule has 0 bridgehead atoms. The quantitative estimate of drug-likeness (QED) is 0.902. The molecule has 2 rings (SSSR count). The molecule has 6 nitrogen and oxygen atoms in total. The van der Waals surface area contributed by atoms with Crippen LogP contribution in [0.15, 0.2) is 30.5 Å². The second kappa shape index (κ2) is 6.01. The van der Waals surface area contributed by atoms with Gasteiger partial charge in [0, 0.05) is 12.3 Å². The molecule has 0 aliphatic heterocycles. The number of benzene rings is 1. The number of aromatic carboxylic acids is 1. The van der Waals surface area contributed by atoms with Gasteiger partial charge >= 0.3 is 12.0 Å². The van der Waals surface area contributed by atoms with Crippen molar-refractivity contribution in [2.45, 2.75) is 13.8 Å². The van der Waals surface area contributed by atoms with Crippen LogP contribution in [0.1, 0.15) is 23.0 Å². The third-order valence-corrected chi connectivity index (χ3v) is 2.51. The Labute approximate surface area is 116 Å². The molecule has 1 N–H and O–H groups in total. The van der Waals surface area contributed by atoms with Crippen molar-refractivity contribution in [1.29, 1.82) is 0 Å². The highest BCUT2D eigenvalue weighted by Gasteiger charge is 2.11. The summed E-state index contributed by atoms with van der Waals surface area (Å²) in [4.78, 5) is 18.8. The molecule has 2 aromatic rings. The maximum Gasteiger partial charge on any atom is 0.339 e. The summed E-state index contributed by atoms with van der Waals surface area (Å²) in [7, 11) is 0. The molecule has 1 aromatic heterocycles. The van der Waals surface area contributed by atoms with Crippen LogP contribution in [0.4, 0.5) is 0 Å². The van der Waals surface area contributed by atoms with Gasteiger partial charge in [0.1, 0.15) is 11.5 Å². The molecule has 0 saturated carbocycles. The zero-order valence-corrected chi connectivity index (χ0v) is 11.2. The Balaban J connectivity index is 2.19. The number of hydrogen-bond donors (Lipinski definition) is 1. The largest absolute Gasteiger partial charge is 0.494 e. The van der Waals surface area contributed by atoms with Gasteiger partial charge in [-0.2, -0.15) is 4.98 Å². The molecule has 0 aliphatic carbocycles. The first-order chi connectivity index (χ1) is 9.60. The van der Waals surface area contributed by atoms with Gasteiger partial charge in [-0.25, -0.2) is 9.78 Å². The number of aromatic nitrogens is 2. The third-order valence-electron chi connectivity index (χ3n) is 2.51. The summed E-state index contributed by atoms with van der Waals surface area (Å²) in [6.45, 7) is 4.05. The highest BCUT2D eigenvalue weighted by atomic mass is 16.5. The number of nitrogens with zero attached hydrogens (tertiary/aromatic N) is 2. The van der Waals surface area contributed by atoms with Crippen LogP contribution in [0.5, 0.6) is 17.5 Å². The first kappa shape index (κ1) is 13.8. The number of hydrogen-bond acceptors (Lipinski definition) is 5. The van der Waals surface area contributed by atoms with Crippen LogP contribution in [0.25, 0.3) is 0 Å². The Morgan fingerprint density at radius 2 is 2.10 bits per heavy atom. The fourth-order valence-electron chi connectivity index (χ4n) is 1.60. The molecule has 0 aliphatic rings. The highest BCUT2D eigenvalue weighted by molar-refractivity contribution is 5.88. The molecule has 20 heavy (non-hydrogen) atoms. The normalized spacial score (nSPS) is 10.1. The van der Waals surface area contributed by atoms with Gasteiger partial charge in [-0.1, -0.05) is 6.07 Å². The lowest BCUT2D eigenvalue weighted by Crippen LogP contribution is -2.04. The van der Waals surface area contributed by atoms with E-state index in [1.54, 1.807) is 25.1 Å². The molecule has 1 aromatic carbocycles. The summed E-state index contributed by atoms with van der Waals surface area (Å²) in [5.74, 6) is 0.148. The van der Waals surface area contributed by atoms with E-state index in [1.165, 1.54) is 6.20 Å². The Kier molecular flexibility index (Phi) is 4.14. The van der Waals surface area contributed by atoms with Crippen molar-refractivity contribution >= 4 is 5.97 Å². The van der Waals surface area contributed by atoms with E-state index < -0.39 is 5.97 Å². The summed E-state index contributed by atoms with van der Waals surface area (Å²) in [6, 6.07) is 7.16. The van der Waals surface area contributed by atoms with Crippen LogP contribution < -0.4 is 9.47 Å². The predicted octanol–water partition coefficient (Wildman–Crippen LogP) is 2.67. The lowest BCUT2D eigenvalue weighted by atomic mass is 10.2. The molecule has 1 heterocycles. The van der Waals surface area contributed by atoms with Crippen LogP contribution in [0.2, 0.25) is 0 Å². The van der Waals surface area contributed by atoms with Gasteiger partial charge in [0.15, 0.2) is 0 Å². The van der Waals surface area contributed by atoms with Gasteiger partial charge < -0.3 is 14.6 Å². The van der Waals surface area contributed by atoms with E-state index in [-0.39, 0.29) is 11.6 Å². The number of carboxylic acids is 1. The van der Waals surface area contributed by atoms with E-state index in [2.05, 4.69) is 9.97 Å². The number of carbonyl (C=O) groups is 1. The minimum Gasteiger partial charge on any atom is -0.494 e. The van der Waals surface area contributed by atoms with Crippen molar-refractivity contribution in [3.8, 4) is 17.5 Å². The Morgan fingerprint density at radius 3 is 2.75 bits per heavy atom.